The number of carbonyl (C=O) groups excluding carboxylic acids is 1. The van der Waals surface area contributed by atoms with Gasteiger partial charge in [0.1, 0.15) is 0 Å². The molecular weight excluding hydrogens is 314 g/mol. The number of hydrogen-bond donors (Lipinski definition) is 1. The molecule has 0 aliphatic carbocycles. The molecule has 25 heavy (non-hydrogen) atoms. The molecule has 3 heterocycles. The Morgan fingerprint density at radius 2 is 2.36 bits per heavy atom. The van der Waals surface area contributed by atoms with Crippen LogP contribution in [-0.4, -0.2) is 45.2 Å². The fourth-order valence-electron chi connectivity index (χ4n) is 3.34. The number of amides is 1. The number of likely N-dealkylation sites (tertiary alicyclic amines) is 1. The molecule has 0 spiro atoms. The standard InChI is InChI=1S/C19H25N5O/c1-3-24-14-17(11-22-24)13-23-8-4-5-16(12-23)10-21-19(25)18-6-7-20-9-15(18)2/h3,6-7,9,11,14,16H,1,4-5,8,10,12-13H2,2H3,(H,21,25)/t16-/m0/s1. The fourth-order valence-corrected chi connectivity index (χ4v) is 3.34. The van der Waals surface area contributed by atoms with Crippen LogP contribution >= 0.6 is 0 Å². The molecule has 0 aromatic carbocycles. The Bertz CT molecular complexity index is 739. The molecule has 2 aromatic heterocycles. The summed E-state index contributed by atoms with van der Waals surface area (Å²) >= 11 is 0. The number of hydrogen-bond acceptors (Lipinski definition) is 4. The first kappa shape index (κ1) is 17.4. The summed E-state index contributed by atoms with van der Waals surface area (Å²) in [4.78, 5) is 18.8. The molecule has 3 rings (SSSR count). The van der Waals surface area contributed by atoms with Crippen LogP contribution in [0.25, 0.3) is 6.20 Å². The Morgan fingerprint density at radius 3 is 3.12 bits per heavy atom. The number of aryl methyl sites for hydroxylation is 1. The van der Waals surface area contributed by atoms with E-state index in [9.17, 15) is 4.79 Å². The van der Waals surface area contributed by atoms with E-state index < -0.39 is 0 Å². The van der Waals surface area contributed by atoms with Crippen LogP contribution in [0.4, 0.5) is 0 Å². The molecule has 1 atom stereocenters. The van der Waals surface area contributed by atoms with Crippen LogP contribution in [0.1, 0.15) is 34.3 Å². The van der Waals surface area contributed by atoms with Gasteiger partial charge in [-0.1, -0.05) is 6.58 Å². The molecule has 1 aliphatic rings. The highest BCUT2D eigenvalue weighted by molar-refractivity contribution is 5.95. The third kappa shape index (κ3) is 4.54. The van der Waals surface area contributed by atoms with Gasteiger partial charge in [-0.15, -0.1) is 0 Å². The van der Waals surface area contributed by atoms with E-state index in [0.717, 1.165) is 38.0 Å². The summed E-state index contributed by atoms with van der Waals surface area (Å²) in [5.74, 6) is 0.471. The molecule has 0 radical (unpaired) electrons. The molecule has 0 saturated carbocycles. The van der Waals surface area contributed by atoms with E-state index in [4.69, 9.17) is 0 Å². The first-order chi connectivity index (χ1) is 12.2. The minimum absolute atomic E-state index is 0.00992. The number of pyridine rings is 1. The van der Waals surface area contributed by atoms with Crippen LogP contribution in [0.2, 0.25) is 0 Å². The maximum absolute atomic E-state index is 12.3. The van der Waals surface area contributed by atoms with Crippen molar-refractivity contribution in [2.45, 2.75) is 26.3 Å². The molecule has 1 aliphatic heterocycles. The zero-order valence-electron chi connectivity index (χ0n) is 14.7. The van der Waals surface area contributed by atoms with Gasteiger partial charge in [0.25, 0.3) is 5.91 Å². The lowest BCUT2D eigenvalue weighted by Gasteiger charge is -2.32. The number of nitrogens with zero attached hydrogens (tertiary/aromatic N) is 4. The second kappa shape index (κ2) is 8.07. The fraction of sp³-hybridized carbons (Fsp3) is 0.421. The minimum atomic E-state index is -0.00992. The van der Waals surface area contributed by atoms with Crippen LogP contribution in [0, 0.1) is 12.8 Å². The van der Waals surface area contributed by atoms with Crippen molar-refractivity contribution in [1.82, 2.24) is 25.0 Å². The van der Waals surface area contributed by atoms with Gasteiger partial charge in [0.05, 0.1) is 6.20 Å². The van der Waals surface area contributed by atoms with Gasteiger partial charge in [0.2, 0.25) is 0 Å². The van der Waals surface area contributed by atoms with Gasteiger partial charge < -0.3 is 5.32 Å². The Morgan fingerprint density at radius 1 is 1.48 bits per heavy atom. The quantitative estimate of drug-likeness (QED) is 0.877. The number of carbonyl (C=O) groups is 1. The highest BCUT2D eigenvalue weighted by Crippen LogP contribution is 2.18. The van der Waals surface area contributed by atoms with E-state index in [2.05, 4.69) is 26.9 Å². The summed E-state index contributed by atoms with van der Waals surface area (Å²) in [6.45, 7) is 9.32. The van der Waals surface area contributed by atoms with E-state index in [0.29, 0.717) is 18.0 Å². The molecule has 1 fully saturated rings. The number of nitrogens with one attached hydrogen (secondary N) is 1. The zero-order valence-corrected chi connectivity index (χ0v) is 14.7. The number of aromatic nitrogens is 3. The monoisotopic (exact) mass is 339 g/mol. The van der Waals surface area contributed by atoms with Gasteiger partial charge in [-0.2, -0.15) is 5.10 Å². The normalized spacial score (nSPS) is 18.0. The van der Waals surface area contributed by atoms with Crippen molar-refractivity contribution in [3.05, 3.63) is 54.1 Å². The largest absolute Gasteiger partial charge is 0.352 e. The summed E-state index contributed by atoms with van der Waals surface area (Å²) in [5, 5.41) is 7.31. The zero-order chi connectivity index (χ0) is 17.6. The smallest absolute Gasteiger partial charge is 0.251 e. The maximum atomic E-state index is 12.3. The summed E-state index contributed by atoms with van der Waals surface area (Å²) in [5.41, 5.74) is 2.81. The minimum Gasteiger partial charge on any atom is -0.352 e. The van der Waals surface area contributed by atoms with E-state index in [-0.39, 0.29) is 5.91 Å². The van der Waals surface area contributed by atoms with Crippen molar-refractivity contribution >= 4 is 12.1 Å². The van der Waals surface area contributed by atoms with E-state index in [1.807, 2.05) is 19.3 Å². The Hall–Kier alpha value is -2.47. The lowest BCUT2D eigenvalue weighted by atomic mass is 9.97. The lowest BCUT2D eigenvalue weighted by Crippen LogP contribution is -2.40. The van der Waals surface area contributed by atoms with Gasteiger partial charge >= 0.3 is 0 Å². The molecule has 1 N–H and O–H groups in total. The second-order valence-electron chi connectivity index (χ2n) is 6.66. The molecule has 1 amide bonds. The predicted molar refractivity (Wildman–Crippen MR) is 97.9 cm³/mol. The molecule has 0 unspecified atom stereocenters. The van der Waals surface area contributed by atoms with Crippen LogP contribution in [0.3, 0.4) is 0 Å². The van der Waals surface area contributed by atoms with Crippen molar-refractivity contribution < 1.29 is 4.79 Å². The van der Waals surface area contributed by atoms with Crippen LogP contribution in [0.5, 0.6) is 0 Å². The van der Waals surface area contributed by atoms with Gasteiger partial charge in [0.15, 0.2) is 0 Å². The van der Waals surface area contributed by atoms with Crippen LogP contribution in [-0.2, 0) is 6.54 Å². The third-order valence-electron chi connectivity index (χ3n) is 4.67. The average molecular weight is 339 g/mol. The molecule has 1 saturated heterocycles. The summed E-state index contributed by atoms with van der Waals surface area (Å²) in [7, 11) is 0. The van der Waals surface area contributed by atoms with Crippen LogP contribution in [0.15, 0.2) is 37.4 Å². The van der Waals surface area contributed by atoms with E-state index in [1.54, 1.807) is 29.3 Å². The molecule has 6 nitrogen and oxygen atoms in total. The molecule has 132 valence electrons. The van der Waals surface area contributed by atoms with E-state index >= 15 is 0 Å². The third-order valence-corrected chi connectivity index (χ3v) is 4.67. The topological polar surface area (TPSA) is 63.0 Å². The first-order valence-corrected chi connectivity index (χ1v) is 8.72. The summed E-state index contributed by atoms with van der Waals surface area (Å²) < 4.78 is 1.73. The maximum Gasteiger partial charge on any atom is 0.251 e. The van der Waals surface area contributed by atoms with Crippen molar-refractivity contribution in [3.63, 3.8) is 0 Å². The molecule has 2 aromatic rings. The predicted octanol–water partition coefficient (Wildman–Crippen LogP) is 2.33. The van der Waals surface area contributed by atoms with Crippen molar-refractivity contribution in [2.24, 2.45) is 5.92 Å². The number of rotatable bonds is 6. The Kier molecular flexibility index (Phi) is 5.60. The van der Waals surface area contributed by atoms with Gasteiger partial charge in [-0.05, 0) is 43.9 Å². The summed E-state index contributed by atoms with van der Waals surface area (Å²) in [6, 6.07) is 1.77. The van der Waals surface area contributed by atoms with Crippen molar-refractivity contribution in [1.29, 1.82) is 0 Å². The first-order valence-electron chi connectivity index (χ1n) is 8.72. The highest BCUT2D eigenvalue weighted by atomic mass is 16.1. The van der Waals surface area contributed by atoms with Crippen molar-refractivity contribution in [3.8, 4) is 0 Å². The number of piperidine rings is 1. The van der Waals surface area contributed by atoms with E-state index in [1.165, 1.54) is 5.56 Å². The average Bonchev–Trinajstić information content (AvgIpc) is 3.08. The molecule has 6 heteroatoms. The van der Waals surface area contributed by atoms with Crippen molar-refractivity contribution in [2.75, 3.05) is 19.6 Å². The van der Waals surface area contributed by atoms with Gasteiger partial charge in [-0.25, -0.2) is 4.68 Å². The lowest BCUT2D eigenvalue weighted by molar-refractivity contribution is 0.0930. The SMILES string of the molecule is C=Cn1cc(CN2CCC[C@@H](CNC(=O)c3ccncc3C)C2)cn1. The van der Waals surface area contributed by atoms with Crippen LogP contribution < -0.4 is 5.32 Å². The highest BCUT2D eigenvalue weighted by Gasteiger charge is 2.21. The Labute approximate surface area is 148 Å². The molecular formula is C19H25N5O. The molecule has 0 bridgehead atoms. The Balaban J connectivity index is 1.50. The second-order valence-corrected chi connectivity index (χ2v) is 6.66. The van der Waals surface area contributed by atoms with Gasteiger partial charge in [-0.3, -0.25) is 14.7 Å². The summed E-state index contributed by atoms with van der Waals surface area (Å²) in [6.07, 6.45) is 11.3. The van der Waals surface area contributed by atoms with Gasteiger partial charge in [0, 0.05) is 55.6 Å².